The van der Waals surface area contributed by atoms with Crippen LogP contribution < -0.4 is 20.3 Å². The van der Waals surface area contributed by atoms with Gasteiger partial charge in [0.05, 0.1) is 7.11 Å². The average molecular weight is 353 g/mol. The zero-order valence-electron chi connectivity index (χ0n) is 14.8. The molecule has 6 nitrogen and oxygen atoms in total. The van der Waals surface area contributed by atoms with E-state index < -0.39 is 0 Å². The molecule has 0 atom stereocenters. The number of methoxy groups -OCH3 is 1. The predicted octanol–water partition coefficient (Wildman–Crippen LogP) is 3.19. The van der Waals surface area contributed by atoms with Crippen molar-refractivity contribution in [3.63, 3.8) is 0 Å². The lowest BCUT2D eigenvalue weighted by Gasteiger charge is -2.17. The maximum Gasteiger partial charge on any atom is 0.319 e. The van der Waals surface area contributed by atoms with Gasteiger partial charge in [-0.2, -0.15) is 0 Å². The normalized spacial score (nSPS) is 13.6. The summed E-state index contributed by atoms with van der Waals surface area (Å²) in [6.45, 7) is 1.26. The Labute approximate surface area is 153 Å². The van der Waals surface area contributed by atoms with Crippen LogP contribution in [0.3, 0.4) is 0 Å². The molecule has 2 aromatic rings. The number of urea groups is 1. The number of carbonyl (C=O) groups is 2. The van der Waals surface area contributed by atoms with E-state index >= 15 is 0 Å². The van der Waals surface area contributed by atoms with Crippen molar-refractivity contribution in [1.82, 2.24) is 5.32 Å². The van der Waals surface area contributed by atoms with Crippen LogP contribution in [0.5, 0.6) is 5.75 Å². The highest BCUT2D eigenvalue weighted by Crippen LogP contribution is 2.24. The Balaban J connectivity index is 1.49. The molecule has 0 aromatic heterocycles. The minimum Gasteiger partial charge on any atom is -0.497 e. The van der Waals surface area contributed by atoms with E-state index in [4.69, 9.17) is 4.74 Å². The van der Waals surface area contributed by atoms with Gasteiger partial charge in [0.25, 0.3) is 0 Å². The van der Waals surface area contributed by atoms with E-state index in [0.29, 0.717) is 18.7 Å². The van der Waals surface area contributed by atoms with Gasteiger partial charge >= 0.3 is 6.03 Å². The van der Waals surface area contributed by atoms with Crippen LogP contribution in [-0.2, 0) is 11.2 Å². The Hall–Kier alpha value is -3.02. The van der Waals surface area contributed by atoms with Crippen LogP contribution in [0, 0.1) is 0 Å². The summed E-state index contributed by atoms with van der Waals surface area (Å²) < 4.78 is 5.13. The van der Waals surface area contributed by atoms with E-state index in [1.807, 2.05) is 48.5 Å². The zero-order valence-corrected chi connectivity index (χ0v) is 14.8. The molecule has 0 radical (unpaired) electrons. The molecule has 0 unspecified atom stereocenters. The number of nitrogens with zero attached hydrogens (tertiary/aromatic N) is 1. The molecular weight excluding hydrogens is 330 g/mol. The number of anilines is 2. The Morgan fingerprint density at radius 3 is 2.69 bits per heavy atom. The molecule has 1 aliphatic rings. The maximum atomic E-state index is 12.1. The van der Waals surface area contributed by atoms with E-state index in [-0.39, 0.29) is 11.9 Å². The highest BCUT2D eigenvalue weighted by Gasteiger charge is 2.21. The van der Waals surface area contributed by atoms with Crippen LogP contribution in [-0.4, -0.2) is 32.1 Å². The molecule has 1 aliphatic heterocycles. The Morgan fingerprint density at radius 2 is 2.00 bits per heavy atom. The average Bonchev–Trinajstić information content (AvgIpc) is 3.08. The third kappa shape index (κ3) is 4.53. The third-order valence-electron chi connectivity index (χ3n) is 4.35. The van der Waals surface area contributed by atoms with Gasteiger partial charge < -0.3 is 20.3 Å². The summed E-state index contributed by atoms with van der Waals surface area (Å²) in [5.74, 6) is 0.946. The predicted molar refractivity (Wildman–Crippen MR) is 102 cm³/mol. The molecule has 26 heavy (non-hydrogen) atoms. The monoisotopic (exact) mass is 353 g/mol. The van der Waals surface area contributed by atoms with Crippen molar-refractivity contribution in [2.45, 2.75) is 19.3 Å². The lowest BCUT2D eigenvalue weighted by molar-refractivity contribution is -0.117. The standard InChI is InChI=1S/C20H23N3O3/c1-26-18-9-7-15(8-10-18)11-12-21-20(25)22-16-4-2-5-17(14-16)23-13-3-6-19(23)24/h2,4-5,7-10,14H,3,6,11-13H2,1H3,(H2,21,22,25). The lowest BCUT2D eigenvalue weighted by Crippen LogP contribution is -2.30. The highest BCUT2D eigenvalue weighted by atomic mass is 16.5. The van der Waals surface area contributed by atoms with Crippen molar-refractivity contribution in [2.24, 2.45) is 0 Å². The summed E-state index contributed by atoms with van der Waals surface area (Å²) in [5, 5.41) is 5.66. The summed E-state index contributed by atoms with van der Waals surface area (Å²) >= 11 is 0. The third-order valence-corrected chi connectivity index (χ3v) is 4.35. The molecule has 136 valence electrons. The molecule has 3 rings (SSSR count). The number of nitrogens with one attached hydrogen (secondary N) is 2. The van der Waals surface area contributed by atoms with Crippen LogP contribution in [0.15, 0.2) is 48.5 Å². The minimum absolute atomic E-state index is 0.131. The van der Waals surface area contributed by atoms with Gasteiger partial charge in [0.1, 0.15) is 5.75 Å². The molecule has 1 saturated heterocycles. The first-order valence-electron chi connectivity index (χ1n) is 8.74. The van der Waals surface area contributed by atoms with Crippen molar-refractivity contribution >= 4 is 23.3 Å². The zero-order chi connectivity index (χ0) is 18.4. The summed E-state index contributed by atoms with van der Waals surface area (Å²) in [4.78, 5) is 25.7. The van der Waals surface area contributed by atoms with Gasteiger partial charge in [0.2, 0.25) is 5.91 Å². The smallest absolute Gasteiger partial charge is 0.319 e. The molecule has 0 aliphatic carbocycles. The second-order valence-corrected chi connectivity index (χ2v) is 6.18. The van der Waals surface area contributed by atoms with Crippen molar-refractivity contribution in [1.29, 1.82) is 0 Å². The molecule has 0 saturated carbocycles. The first-order valence-corrected chi connectivity index (χ1v) is 8.74. The largest absolute Gasteiger partial charge is 0.497 e. The minimum atomic E-state index is -0.261. The van der Waals surface area contributed by atoms with Crippen LogP contribution in [0.2, 0.25) is 0 Å². The maximum absolute atomic E-state index is 12.1. The summed E-state index contributed by atoms with van der Waals surface area (Å²) in [6.07, 6.45) is 2.20. The fourth-order valence-electron chi connectivity index (χ4n) is 2.96. The molecule has 0 bridgehead atoms. The molecule has 1 heterocycles. The SMILES string of the molecule is COc1ccc(CCNC(=O)Nc2cccc(N3CCCC3=O)c2)cc1. The summed E-state index contributed by atoms with van der Waals surface area (Å²) in [5.41, 5.74) is 2.62. The number of benzene rings is 2. The van der Waals surface area contributed by atoms with Gasteiger partial charge in [-0.25, -0.2) is 4.79 Å². The van der Waals surface area contributed by atoms with Crippen molar-refractivity contribution < 1.29 is 14.3 Å². The van der Waals surface area contributed by atoms with Gasteiger partial charge in [-0.15, -0.1) is 0 Å². The molecule has 3 amide bonds. The second kappa shape index (κ2) is 8.38. The fraction of sp³-hybridized carbons (Fsp3) is 0.300. The molecule has 2 aromatic carbocycles. The molecular formula is C20H23N3O3. The first-order chi connectivity index (χ1) is 12.7. The quantitative estimate of drug-likeness (QED) is 0.838. The lowest BCUT2D eigenvalue weighted by atomic mass is 10.1. The van der Waals surface area contributed by atoms with E-state index in [1.165, 1.54) is 0 Å². The molecule has 0 spiro atoms. The number of amides is 3. The Kier molecular flexibility index (Phi) is 5.73. The second-order valence-electron chi connectivity index (χ2n) is 6.18. The number of carbonyl (C=O) groups excluding carboxylic acids is 2. The van der Waals surface area contributed by atoms with Crippen LogP contribution in [0.4, 0.5) is 16.2 Å². The Bertz CT molecular complexity index is 774. The molecule has 6 heteroatoms. The molecule has 2 N–H and O–H groups in total. The van der Waals surface area contributed by atoms with Crippen LogP contribution in [0.25, 0.3) is 0 Å². The topological polar surface area (TPSA) is 70.7 Å². The van der Waals surface area contributed by atoms with Gasteiger partial charge in [-0.3, -0.25) is 4.79 Å². The van der Waals surface area contributed by atoms with Crippen molar-refractivity contribution in [2.75, 3.05) is 30.4 Å². The first kappa shape index (κ1) is 17.8. The van der Waals surface area contributed by atoms with E-state index in [2.05, 4.69) is 10.6 Å². The van der Waals surface area contributed by atoms with Gasteiger partial charge in [-0.05, 0) is 48.7 Å². The molecule has 1 fully saturated rings. The number of hydrogen-bond donors (Lipinski definition) is 2. The summed E-state index contributed by atoms with van der Waals surface area (Å²) in [7, 11) is 1.63. The number of rotatable bonds is 6. The van der Waals surface area contributed by atoms with E-state index in [1.54, 1.807) is 12.0 Å². The van der Waals surface area contributed by atoms with E-state index in [9.17, 15) is 9.59 Å². The van der Waals surface area contributed by atoms with Crippen molar-refractivity contribution in [3.05, 3.63) is 54.1 Å². The van der Waals surface area contributed by atoms with Gasteiger partial charge in [-0.1, -0.05) is 18.2 Å². The van der Waals surface area contributed by atoms with E-state index in [0.717, 1.165) is 36.4 Å². The van der Waals surface area contributed by atoms with Gasteiger partial charge in [0, 0.05) is 30.9 Å². The van der Waals surface area contributed by atoms with Gasteiger partial charge in [0.15, 0.2) is 0 Å². The fourth-order valence-corrected chi connectivity index (χ4v) is 2.96. The number of ether oxygens (including phenoxy) is 1. The number of hydrogen-bond acceptors (Lipinski definition) is 3. The van der Waals surface area contributed by atoms with Crippen LogP contribution in [0.1, 0.15) is 18.4 Å². The highest BCUT2D eigenvalue weighted by molar-refractivity contribution is 5.96. The Morgan fingerprint density at radius 1 is 1.19 bits per heavy atom. The van der Waals surface area contributed by atoms with Crippen molar-refractivity contribution in [3.8, 4) is 5.75 Å². The van der Waals surface area contributed by atoms with Crippen LogP contribution >= 0.6 is 0 Å². The summed E-state index contributed by atoms with van der Waals surface area (Å²) in [6, 6.07) is 14.9.